The molecule has 0 saturated carbocycles. The number of methoxy groups -OCH3 is 1. The maximum Gasteiger partial charge on any atom is 0.338 e. The van der Waals surface area contributed by atoms with E-state index in [2.05, 4.69) is 4.74 Å². The fraction of sp³-hybridized carbons (Fsp3) is 0.429. The van der Waals surface area contributed by atoms with Gasteiger partial charge in [0.25, 0.3) is 0 Å². The average molecular weight is 250 g/mol. The van der Waals surface area contributed by atoms with Gasteiger partial charge in [0.05, 0.1) is 24.8 Å². The molecule has 1 rings (SSSR count). The summed E-state index contributed by atoms with van der Waals surface area (Å²) in [5, 5.41) is 0. The van der Waals surface area contributed by atoms with Crippen LogP contribution in [0.5, 0.6) is 0 Å². The molecule has 0 radical (unpaired) electrons. The van der Waals surface area contributed by atoms with Crippen LogP contribution in [-0.4, -0.2) is 25.7 Å². The molecular weight excluding hydrogens is 232 g/mol. The minimum absolute atomic E-state index is 0.0877. The van der Waals surface area contributed by atoms with Crippen LogP contribution < -0.4 is 0 Å². The summed E-state index contributed by atoms with van der Waals surface area (Å²) >= 11 is 0. The number of carbonyl (C=O) groups excluding carboxylic acids is 2. The molecule has 1 aromatic rings. The van der Waals surface area contributed by atoms with Gasteiger partial charge in [-0.3, -0.25) is 0 Å². The topological polar surface area (TPSA) is 52.6 Å². The van der Waals surface area contributed by atoms with Crippen molar-refractivity contribution >= 4 is 11.9 Å². The van der Waals surface area contributed by atoms with Gasteiger partial charge in [-0.15, -0.1) is 0 Å². The zero-order valence-electron chi connectivity index (χ0n) is 11.1. The van der Waals surface area contributed by atoms with Crippen LogP contribution in [0.15, 0.2) is 24.3 Å². The zero-order chi connectivity index (χ0) is 13.8. The van der Waals surface area contributed by atoms with E-state index in [1.54, 1.807) is 18.2 Å². The minimum atomic E-state index is -0.472. The van der Waals surface area contributed by atoms with Gasteiger partial charge < -0.3 is 9.47 Å². The molecule has 0 unspecified atom stereocenters. The first-order chi connectivity index (χ1) is 8.33. The van der Waals surface area contributed by atoms with Crippen molar-refractivity contribution < 1.29 is 19.1 Å². The molecule has 0 amide bonds. The van der Waals surface area contributed by atoms with E-state index >= 15 is 0 Å². The number of rotatable bonds is 3. The van der Waals surface area contributed by atoms with E-state index in [9.17, 15) is 9.59 Å². The molecule has 1 aromatic carbocycles. The molecule has 0 aromatic heterocycles. The molecule has 98 valence electrons. The quantitative estimate of drug-likeness (QED) is 0.774. The third kappa shape index (κ3) is 4.20. The van der Waals surface area contributed by atoms with Crippen LogP contribution in [-0.2, 0) is 9.47 Å². The van der Waals surface area contributed by atoms with Crippen LogP contribution in [0.3, 0.4) is 0 Å². The maximum atomic E-state index is 11.8. The van der Waals surface area contributed by atoms with Crippen LogP contribution in [0.4, 0.5) is 0 Å². The van der Waals surface area contributed by atoms with Crippen LogP contribution >= 0.6 is 0 Å². The average Bonchev–Trinajstić information content (AvgIpc) is 2.34. The maximum absolute atomic E-state index is 11.8. The van der Waals surface area contributed by atoms with Crippen LogP contribution in [0.1, 0.15) is 41.5 Å². The largest absolute Gasteiger partial charge is 0.465 e. The third-order valence-corrected chi connectivity index (χ3v) is 2.16. The number of ether oxygens (including phenoxy) is 2. The Labute approximate surface area is 107 Å². The first-order valence-corrected chi connectivity index (χ1v) is 5.69. The Hall–Kier alpha value is -1.84. The van der Waals surface area contributed by atoms with Crippen molar-refractivity contribution in [1.82, 2.24) is 0 Å². The van der Waals surface area contributed by atoms with Gasteiger partial charge in [0.2, 0.25) is 0 Å². The molecule has 4 nitrogen and oxygen atoms in total. The van der Waals surface area contributed by atoms with E-state index < -0.39 is 11.9 Å². The van der Waals surface area contributed by atoms with Gasteiger partial charge >= 0.3 is 11.9 Å². The molecule has 0 aliphatic rings. The van der Waals surface area contributed by atoms with Gasteiger partial charge in [-0.2, -0.15) is 0 Å². The first kappa shape index (κ1) is 14.2. The van der Waals surface area contributed by atoms with Crippen molar-refractivity contribution in [1.29, 1.82) is 0 Å². The van der Waals surface area contributed by atoms with E-state index in [0.717, 1.165) is 0 Å². The molecule has 18 heavy (non-hydrogen) atoms. The minimum Gasteiger partial charge on any atom is -0.465 e. The summed E-state index contributed by atoms with van der Waals surface area (Å²) in [6.07, 6.45) is 0. The van der Waals surface area contributed by atoms with Crippen molar-refractivity contribution in [3.8, 4) is 0 Å². The van der Waals surface area contributed by atoms with Gasteiger partial charge in [-0.1, -0.05) is 26.8 Å². The molecular formula is C14H18O4. The van der Waals surface area contributed by atoms with Crippen molar-refractivity contribution in [3.63, 3.8) is 0 Å². The standard InChI is InChI=1S/C14H18O4/c1-14(2,3)9-18-13(16)11-7-5-6-10(8-11)12(15)17-4/h5-8H,9H2,1-4H3. The number of carbonyl (C=O) groups is 2. The van der Waals surface area contributed by atoms with Gasteiger partial charge in [-0.25, -0.2) is 9.59 Å². The summed E-state index contributed by atoms with van der Waals surface area (Å²) in [5.74, 6) is -0.906. The Morgan fingerprint density at radius 1 is 1.11 bits per heavy atom. The zero-order valence-corrected chi connectivity index (χ0v) is 11.1. The van der Waals surface area contributed by atoms with E-state index in [0.29, 0.717) is 17.7 Å². The molecule has 0 atom stereocenters. The molecule has 4 heteroatoms. The van der Waals surface area contributed by atoms with E-state index in [1.165, 1.54) is 13.2 Å². The lowest BCUT2D eigenvalue weighted by Gasteiger charge is -2.17. The predicted octanol–water partition coefficient (Wildman–Crippen LogP) is 2.68. The Bertz CT molecular complexity index is 443. The summed E-state index contributed by atoms with van der Waals surface area (Å²) in [4.78, 5) is 23.1. The number of benzene rings is 1. The van der Waals surface area contributed by atoms with Gasteiger partial charge in [0.1, 0.15) is 0 Å². The highest BCUT2D eigenvalue weighted by molar-refractivity contribution is 5.95. The van der Waals surface area contributed by atoms with Gasteiger partial charge in [0, 0.05) is 0 Å². The van der Waals surface area contributed by atoms with Gasteiger partial charge in [0.15, 0.2) is 0 Å². The van der Waals surface area contributed by atoms with Crippen molar-refractivity contribution in [2.45, 2.75) is 20.8 Å². The lowest BCUT2D eigenvalue weighted by atomic mass is 9.99. The Kier molecular flexibility index (Phi) is 4.48. The van der Waals surface area contributed by atoms with Crippen molar-refractivity contribution in [2.75, 3.05) is 13.7 Å². The molecule has 0 heterocycles. The first-order valence-electron chi connectivity index (χ1n) is 5.69. The van der Waals surface area contributed by atoms with Crippen LogP contribution in [0.2, 0.25) is 0 Å². The van der Waals surface area contributed by atoms with Crippen LogP contribution in [0, 0.1) is 5.41 Å². The highest BCUT2D eigenvalue weighted by atomic mass is 16.5. The summed E-state index contributed by atoms with van der Waals surface area (Å²) < 4.78 is 9.76. The SMILES string of the molecule is COC(=O)c1cccc(C(=O)OCC(C)(C)C)c1. The second kappa shape index (κ2) is 5.67. The highest BCUT2D eigenvalue weighted by Crippen LogP contribution is 2.15. The van der Waals surface area contributed by atoms with Crippen LogP contribution in [0.25, 0.3) is 0 Å². The molecule has 0 aliphatic heterocycles. The van der Waals surface area contributed by atoms with E-state index in [-0.39, 0.29) is 5.41 Å². The number of hydrogen-bond acceptors (Lipinski definition) is 4. The smallest absolute Gasteiger partial charge is 0.338 e. The molecule has 0 fully saturated rings. The summed E-state index contributed by atoms with van der Waals surface area (Å²) in [6.45, 7) is 6.26. The summed E-state index contributed by atoms with van der Waals surface area (Å²) in [5.41, 5.74) is 0.597. The summed E-state index contributed by atoms with van der Waals surface area (Å²) in [7, 11) is 1.30. The van der Waals surface area contributed by atoms with E-state index in [4.69, 9.17) is 4.74 Å². The van der Waals surface area contributed by atoms with Crippen molar-refractivity contribution in [2.24, 2.45) is 5.41 Å². The number of hydrogen-bond donors (Lipinski definition) is 0. The fourth-order valence-corrected chi connectivity index (χ4v) is 1.26. The summed E-state index contributed by atoms with van der Waals surface area (Å²) in [6, 6.07) is 6.29. The Morgan fingerprint density at radius 3 is 2.17 bits per heavy atom. The lowest BCUT2D eigenvalue weighted by molar-refractivity contribution is 0.0367. The van der Waals surface area contributed by atoms with E-state index in [1.807, 2.05) is 20.8 Å². The predicted molar refractivity (Wildman–Crippen MR) is 67.5 cm³/mol. The van der Waals surface area contributed by atoms with Gasteiger partial charge in [-0.05, 0) is 23.6 Å². The molecule has 0 N–H and O–H groups in total. The molecule has 0 aliphatic carbocycles. The fourth-order valence-electron chi connectivity index (χ4n) is 1.26. The Morgan fingerprint density at radius 2 is 1.67 bits per heavy atom. The monoisotopic (exact) mass is 250 g/mol. The third-order valence-electron chi connectivity index (χ3n) is 2.16. The molecule has 0 saturated heterocycles. The van der Waals surface area contributed by atoms with Crippen molar-refractivity contribution in [3.05, 3.63) is 35.4 Å². The molecule has 0 bridgehead atoms. The molecule has 0 spiro atoms. The Balaban J connectivity index is 2.77. The highest BCUT2D eigenvalue weighted by Gasteiger charge is 2.16. The normalized spacial score (nSPS) is 10.9. The second-order valence-corrected chi connectivity index (χ2v) is 5.21. The number of esters is 2. The second-order valence-electron chi connectivity index (χ2n) is 5.21. The lowest BCUT2D eigenvalue weighted by Crippen LogP contribution is -2.18.